The number of halogens is 3. The Morgan fingerprint density at radius 2 is 1.65 bits per heavy atom. The van der Waals surface area contributed by atoms with Crippen LogP contribution in [-0.2, 0) is 13.5 Å². The first kappa shape index (κ1) is 24.9. The van der Waals surface area contributed by atoms with Gasteiger partial charge < -0.3 is 22.0 Å². The van der Waals surface area contributed by atoms with E-state index in [1.54, 1.807) is 12.1 Å². The second-order valence-electron chi connectivity index (χ2n) is 7.69. The number of aromatic nitrogens is 1. The second kappa shape index (κ2) is 10.8. The van der Waals surface area contributed by atoms with Crippen molar-refractivity contribution in [2.45, 2.75) is 6.42 Å². The van der Waals surface area contributed by atoms with Gasteiger partial charge in [0.25, 0.3) is 0 Å². The minimum Gasteiger partial charge on any atom is -1.00 e. The summed E-state index contributed by atoms with van der Waals surface area (Å²) in [5.41, 5.74) is 4.45. The largest absolute Gasteiger partial charge is 1.00 e. The Kier molecular flexibility index (Phi) is 8.63. The molecule has 0 saturated carbocycles. The van der Waals surface area contributed by atoms with Gasteiger partial charge in [-0.25, -0.2) is 4.39 Å². The summed E-state index contributed by atoms with van der Waals surface area (Å²) in [6.45, 7) is 1.50. The molecule has 0 aliphatic carbocycles. The fourth-order valence-corrected chi connectivity index (χ4v) is 3.82. The maximum absolute atomic E-state index is 13.8. The topological polar surface area (TPSA) is 16.4 Å². The van der Waals surface area contributed by atoms with Gasteiger partial charge in [0.15, 0.2) is 0 Å². The first-order valence-electron chi connectivity index (χ1n) is 9.88. The average molecular weight is 461 g/mol. The SMILES string of the molecule is CN(C)CCOc1ccc2c(c1)c(Cc1cccc(F)c1)c1ccccc1[n+]2C.Cl.[Cl-]. The van der Waals surface area contributed by atoms with Gasteiger partial charge in [0.2, 0.25) is 11.0 Å². The summed E-state index contributed by atoms with van der Waals surface area (Å²) in [7, 11) is 6.16. The Labute approximate surface area is 195 Å². The van der Waals surface area contributed by atoms with E-state index < -0.39 is 0 Å². The molecule has 0 spiro atoms. The van der Waals surface area contributed by atoms with E-state index in [2.05, 4.69) is 52.9 Å². The van der Waals surface area contributed by atoms with Gasteiger partial charge in [-0.3, -0.25) is 0 Å². The second-order valence-corrected chi connectivity index (χ2v) is 7.69. The standard InChI is InChI=1S/C25H26FN2O.2ClH/c1-27(2)13-14-29-20-11-12-25-23(17-20)22(16-18-7-6-8-19(26)15-18)21-9-4-5-10-24(21)28(25)3;;/h4-12,15,17H,13-14,16H2,1-3H3;2*1H/q+1;;/p-1. The van der Waals surface area contributed by atoms with Crippen LogP contribution in [-0.4, -0.2) is 32.1 Å². The molecule has 1 heterocycles. The molecular formula is C25H27Cl2FN2O. The molecule has 0 saturated heterocycles. The summed E-state index contributed by atoms with van der Waals surface area (Å²) in [5.74, 6) is 0.653. The van der Waals surface area contributed by atoms with Crippen LogP contribution in [0.4, 0.5) is 4.39 Å². The zero-order valence-electron chi connectivity index (χ0n) is 17.9. The van der Waals surface area contributed by atoms with E-state index in [9.17, 15) is 4.39 Å². The lowest BCUT2D eigenvalue weighted by Crippen LogP contribution is -3.00. The predicted octanol–water partition coefficient (Wildman–Crippen LogP) is 1.91. The number of ether oxygens (including phenoxy) is 1. The lowest BCUT2D eigenvalue weighted by Gasteiger charge is -2.14. The number of nitrogens with zero attached hydrogens (tertiary/aromatic N) is 2. The van der Waals surface area contributed by atoms with Gasteiger partial charge in [0.05, 0.1) is 10.8 Å². The Morgan fingerprint density at radius 3 is 2.39 bits per heavy atom. The number of likely N-dealkylation sites (N-methyl/N-ethyl adjacent to an activating group) is 1. The zero-order valence-corrected chi connectivity index (χ0v) is 19.5. The van der Waals surface area contributed by atoms with Crippen LogP contribution in [0, 0.1) is 5.82 Å². The zero-order chi connectivity index (χ0) is 20.4. The summed E-state index contributed by atoms with van der Waals surface area (Å²) >= 11 is 0. The molecule has 0 aliphatic heterocycles. The van der Waals surface area contributed by atoms with Gasteiger partial charge in [0, 0.05) is 18.7 Å². The molecule has 0 aliphatic rings. The van der Waals surface area contributed by atoms with Gasteiger partial charge in [-0.1, -0.05) is 24.3 Å². The molecule has 1 aromatic heterocycles. The molecule has 0 amide bonds. The summed E-state index contributed by atoms with van der Waals surface area (Å²) in [4.78, 5) is 2.10. The highest BCUT2D eigenvalue weighted by molar-refractivity contribution is 5.94. The Morgan fingerprint density at radius 1 is 0.903 bits per heavy atom. The monoisotopic (exact) mass is 460 g/mol. The van der Waals surface area contributed by atoms with Crippen LogP contribution in [0.3, 0.4) is 0 Å². The van der Waals surface area contributed by atoms with Gasteiger partial charge >= 0.3 is 0 Å². The van der Waals surface area contributed by atoms with Crippen molar-refractivity contribution in [3.63, 3.8) is 0 Å². The van der Waals surface area contributed by atoms with Crippen molar-refractivity contribution in [1.82, 2.24) is 4.90 Å². The summed E-state index contributed by atoms with van der Waals surface area (Å²) in [6, 6.07) is 21.5. The minimum atomic E-state index is -0.203. The van der Waals surface area contributed by atoms with Crippen molar-refractivity contribution >= 4 is 34.2 Å². The Bertz CT molecular complexity index is 1180. The third kappa shape index (κ3) is 5.45. The van der Waals surface area contributed by atoms with E-state index in [0.717, 1.165) is 34.3 Å². The molecule has 0 fully saturated rings. The molecule has 0 bridgehead atoms. The number of rotatable bonds is 6. The summed E-state index contributed by atoms with van der Waals surface area (Å²) < 4.78 is 22.0. The average Bonchev–Trinajstić information content (AvgIpc) is 2.71. The van der Waals surface area contributed by atoms with Gasteiger partial charge in [0.1, 0.15) is 25.2 Å². The van der Waals surface area contributed by atoms with Crippen LogP contribution in [0.15, 0.2) is 66.7 Å². The number of fused-ring (bicyclic) bond motifs is 2. The predicted molar refractivity (Wildman–Crippen MR) is 123 cm³/mol. The highest BCUT2D eigenvalue weighted by atomic mass is 35.5. The molecule has 0 atom stereocenters. The lowest BCUT2D eigenvalue weighted by molar-refractivity contribution is -0.617. The van der Waals surface area contributed by atoms with Crippen LogP contribution < -0.4 is 21.7 Å². The molecule has 164 valence electrons. The Hall–Kier alpha value is -2.40. The van der Waals surface area contributed by atoms with Crippen LogP contribution in [0.25, 0.3) is 21.8 Å². The van der Waals surface area contributed by atoms with Crippen molar-refractivity contribution in [3.8, 4) is 5.75 Å². The third-order valence-corrected chi connectivity index (χ3v) is 5.32. The van der Waals surface area contributed by atoms with E-state index in [4.69, 9.17) is 4.74 Å². The molecule has 3 aromatic carbocycles. The van der Waals surface area contributed by atoms with E-state index in [0.29, 0.717) is 13.0 Å². The maximum Gasteiger partial charge on any atom is 0.213 e. The quantitative estimate of drug-likeness (QED) is 0.322. The first-order valence-corrected chi connectivity index (χ1v) is 9.88. The molecule has 31 heavy (non-hydrogen) atoms. The molecule has 4 rings (SSSR count). The van der Waals surface area contributed by atoms with Crippen LogP contribution >= 0.6 is 12.4 Å². The van der Waals surface area contributed by atoms with Crippen LogP contribution in [0.1, 0.15) is 11.1 Å². The molecule has 0 N–H and O–H groups in total. The lowest BCUT2D eigenvalue weighted by atomic mass is 9.96. The van der Waals surface area contributed by atoms with Crippen molar-refractivity contribution in [1.29, 1.82) is 0 Å². The number of aryl methyl sites for hydroxylation is 1. The van der Waals surface area contributed by atoms with E-state index in [1.165, 1.54) is 17.0 Å². The number of hydrogen-bond donors (Lipinski definition) is 0. The summed E-state index contributed by atoms with van der Waals surface area (Å²) in [5, 5.41) is 2.31. The normalized spacial score (nSPS) is 10.7. The van der Waals surface area contributed by atoms with Gasteiger partial charge in [-0.15, -0.1) is 12.4 Å². The van der Waals surface area contributed by atoms with Crippen molar-refractivity contribution in [3.05, 3.63) is 83.7 Å². The fourth-order valence-electron chi connectivity index (χ4n) is 3.82. The molecule has 4 aromatic rings. The molecule has 0 unspecified atom stereocenters. The smallest absolute Gasteiger partial charge is 0.213 e. The molecule has 6 heteroatoms. The summed E-state index contributed by atoms with van der Waals surface area (Å²) in [6.07, 6.45) is 0.663. The highest BCUT2D eigenvalue weighted by Gasteiger charge is 2.18. The highest BCUT2D eigenvalue weighted by Crippen LogP contribution is 2.30. The molecular weight excluding hydrogens is 434 g/mol. The van der Waals surface area contributed by atoms with Gasteiger partial charge in [-0.05, 0) is 62.0 Å². The van der Waals surface area contributed by atoms with E-state index in [-0.39, 0.29) is 30.6 Å². The van der Waals surface area contributed by atoms with Crippen LogP contribution in [0.5, 0.6) is 5.75 Å². The Balaban J connectivity index is 0.00000171. The number of benzene rings is 3. The number of para-hydroxylation sites is 1. The van der Waals surface area contributed by atoms with Crippen LogP contribution in [0.2, 0.25) is 0 Å². The molecule has 3 nitrogen and oxygen atoms in total. The minimum absolute atomic E-state index is 0. The van der Waals surface area contributed by atoms with Crippen molar-refractivity contribution < 1.29 is 26.1 Å². The van der Waals surface area contributed by atoms with Crippen molar-refractivity contribution in [2.75, 3.05) is 27.2 Å². The maximum atomic E-state index is 13.8. The van der Waals surface area contributed by atoms with Gasteiger partial charge in [-0.2, -0.15) is 4.57 Å². The van der Waals surface area contributed by atoms with Crippen molar-refractivity contribution in [2.24, 2.45) is 7.05 Å². The number of hydrogen-bond acceptors (Lipinski definition) is 2. The first-order chi connectivity index (χ1) is 14.0. The van der Waals surface area contributed by atoms with E-state index >= 15 is 0 Å². The molecule has 0 radical (unpaired) electrons. The fraction of sp³-hybridized carbons (Fsp3) is 0.240. The third-order valence-electron chi connectivity index (χ3n) is 5.32. The number of pyridine rings is 1. The van der Waals surface area contributed by atoms with E-state index in [1.807, 2.05) is 26.2 Å².